The molecule has 1 atom stereocenters. The van der Waals surface area contributed by atoms with E-state index in [9.17, 15) is 9.59 Å². The fourth-order valence-corrected chi connectivity index (χ4v) is 1.87. The first-order chi connectivity index (χ1) is 8.52. The molecule has 2 rings (SSSR count). The van der Waals surface area contributed by atoms with Gasteiger partial charge >= 0.3 is 0 Å². The minimum Gasteiger partial charge on any atom is -0.293 e. The number of carbonyl (C=O) groups excluding carboxylic acids is 2. The van der Waals surface area contributed by atoms with Crippen LogP contribution in [0.2, 0.25) is 0 Å². The summed E-state index contributed by atoms with van der Waals surface area (Å²) < 4.78 is 0. The second-order valence-corrected chi connectivity index (χ2v) is 4.30. The maximum Gasteiger partial charge on any atom is 0.264 e. The number of hydrazone groups is 1. The van der Waals surface area contributed by atoms with E-state index < -0.39 is 5.92 Å². The third kappa shape index (κ3) is 1.97. The monoisotopic (exact) mass is 242 g/mol. The Balaban J connectivity index is 2.33. The van der Waals surface area contributed by atoms with Crippen molar-refractivity contribution in [2.75, 3.05) is 5.01 Å². The molecule has 1 amide bonds. The number of hydrogen-bond acceptors (Lipinski definition) is 3. The van der Waals surface area contributed by atoms with Gasteiger partial charge in [0.2, 0.25) is 0 Å². The van der Waals surface area contributed by atoms with Crippen molar-refractivity contribution in [3.05, 3.63) is 42.5 Å². The molecule has 0 radical (unpaired) electrons. The van der Waals surface area contributed by atoms with Crippen LogP contribution >= 0.6 is 0 Å². The highest BCUT2D eigenvalue weighted by molar-refractivity contribution is 6.30. The summed E-state index contributed by atoms with van der Waals surface area (Å²) in [5.41, 5.74) is 1.55. The maximum atomic E-state index is 12.2. The van der Waals surface area contributed by atoms with E-state index in [1.165, 1.54) is 5.01 Å². The Hall–Kier alpha value is -2.23. The Labute approximate surface area is 106 Å². The zero-order valence-corrected chi connectivity index (χ0v) is 10.4. The van der Waals surface area contributed by atoms with E-state index in [2.05, 4.69) is 11.7 Å². The number of para-hydroxylation sites is 1. The third-order valence-electron chi connectivity index (χ3n) is 2.81. The van der Waals surface area contributed by atoms with Crippen LogP contribution in [0.4, 0.5) is 5.69 Å². The summed E-state index contributed by atoms with van der Waals surface area (Å²) in [7, 11) is 0. The van der Waals surface area contributed by atoms with Gasteiger partial charge in [0.15, 0.2) is 5.78 Å². The fraction of sp³-hybridized carbons (Fsp3) is 0.214. The standard InChI is InChI=1S/C14H14N2O2/c1-9(2)13(17)12-10(3)15-16(14(12)18)11-7-5-4-6-8-11/h4-8,12H,1H2,2-3H3. The molecule has 1 aromatic carbocycles. The van der Waals surface area contributed by atoms with Crippen LogP contribution < -0.4 is 5.01 Å². The van der Waals surface area contributed by atoms with Crippen LogP contribution in [0.1, 0.15) is 13.8 Å². The number of benzene rings is 1. The van der Waals surface area contributed by atoms with Crippen molar-refractivity contribution >= 4 is 23.1 Å². The first kappa shape index (κ1) is 12.2. The molecule has 1 unspecified atom stereocenters. The van der Waals surface area contributed by atoms with Crippen molar-refractivity contribution in [2.45, 2.75) is 13.8 Å². The summed E-state index contributed by atoms with van der Waals surface area (Å²) in [4.78, 5) is 24.1. The highest BCUT2D eigenvalue weighted by Gasteiger charge is 2.39. The summed E-state index contributed by atoms with van der Waals surface area (Å²) in [6.45, 7) is 6.88. The van der Waals surface area contributed by atoms with Crippen molar-refractivity contribution in [1.29, 1.82) is 0 Å². The van der Waals surface area contributed by atoms with E-state index in [-0.39, 0.29) is 11.7 Å². The molecule has 0 spiro atoms. The van der Waals surface area contributed by atoms with Crippen molar-refractivity contribution < 1.29 is 9.59 Å². The topological polar surface area (TPSA) is 49.7 Å². The highest BCUT2D eigenvalue weighted by atomic mass is 16.2. The van der Waals surface area contributed by atoms with Crippen LogP contribution in [0, 0.1) is 5.92 Å². The molecule has 0 saturated heterocycles. The summed E-state index contributed by atoms with van der Waals surface area (Å²) >= 11 is 0. The van der Waals surface area contributed by atoms with Crippen LogP contribution in [0.5, 0.6) is 0 Å². The van der Waals surface area contributed by atoms with Gasteiger partial charge in [0.05, 0.1) is 11.4 Å². The zero-order valence-electron chi connectivity index (χ0n) is 10.4. The molecule has 18 heavy (non-hydrogen) atoms. The van der Waals surface area contributed by atoms with Gasteiger partial charge in [0.1, 0.15) is 5.92 Å². The molecule has 1 aliphatic heterocycles. The fourth-order valence-electron chi connectivity index (χ4n) is 1.87. The molecule has 4 nitrogen and oxygen atoms in total. The number of rotatable bonds is 3. The van der Waals surface area contributed by atoms with Gasteiger partial charge in [-0.15, -0.1) is 0 Å². The molecule has 0 bridgehead atoms. The van der Waals surface area contributed by atoms with Crippen LogP contribution in [0.3, 0.4) is 0 Å². The number of Topliss-reactive ketones (excluding diaryl/α,β-unsaturated/α-hetero) is 1. The van der Waals surface area contributed by atoms with Gasteiger partial charge in [-0.2, -0.15) is 10.1 Å². The molecule has 0 fully saturated rings. The Morgan fingerprint density at radius 2 is 1.94 bits per heavy atom. The Morgan fingerprint density at radius 1 is 1.33 bits per heavy atom. The first-order valence-corrected chi connectivity index (χ1v) is 5.66. The second kappa shape index (κ2) is 4.56. The molecule has 1 aliphatic rings. The highest BCUT2D eigenvalue weighted by Crippen LogP contribution is 2.25. The SMILES string of the molecule is C=C(C)C(=O)C1C(=O)N(c2ccccc2)N=C1C. The van der Waals surface area contributed by atoms with E-state index >= 15 is 0 Å². The van der Waals surface area contributed by atoms with E-state index in [1.54, 1.807) is 26.0 Å². The smallest absolute Gasteiger partial charge is 0.264 e. The molecular weight excluding hydrogens is 228 g/mol. The molecule has 0 aliphatic carbocycles. The molecule has 0 aromatic heterocycles. The predicted molar refractivity (Wildman–Crippen MR) is 70.3 cm³/mol. The van der Waals surface area contributed by atoms with Crippen LogP contribution in [-0.2, 0) is 9.59 Å². The average Bonchev–Trinajstić information content (AvgIpc) is 2.65. The maximum absolute atomic E-state index is 12.2. The lowest BCUT2D eigenvalue weighted by Gasteiger charge is -2.13. The van der Waals surface area contributed by atoms with Gasteiger partial charge in [-0.05, 0) is 31.6 Å². The van der Waals surface area contributed by atoms with Crippen LogP contribution in [-0.4, -0.2) is 17.4 Å². The Morgan fingerprint density at radius 3 is 2.50 bits per heavy atom. The quantitative estimate of drug-likeness (QED) is 0.602. The van der Waals surface area contributed by atoms with Crippen LogP contribution in [0.25, 0.3) is 0 Å². The van der Waals surface area contributed by atoms with Gasteiger partial charge < -0.3 is 0 Å². The van der Waals surface area contributed by atoms with E-state index in [0.29, 0.717) is 17.0 Å². The number of nitrogens with zero attached hydrogens (tertiary/aromatic N) is 2. The lowest BCUT2D eigenvalue weighted by atomic mass is 9.95. The van der Waals surface area contributed by atoms with Gasteiger partial charge in [0.25, 0.3) is 5.91 Å². The number of amides is 1. The molecule has 92 valence electrons. The van der Waals surface area contributed by atoms with Crippen molar-refractivity contribution in [1.82, 2.24) is 0 Å². The van der Waals surface area contributed by atoms with Crippen molar-refractivity contribution in [3.8, 4) is 0 Å². The molecule has 1 heterocycles. The minimum atomic E-state index is -0.817. The second-order valence-electron chi connectivity index (χ2n) is 4.30. The summed E-state index contributed by atoms with van der Waals surface area (Å²) in [6.07, 6.45) is 0. The van der Waals surface area contributed by atoms with Crippen molar-refractivity contribution in [2.24, 2.45) is 11.0 Å². The summed E-state index contributed by atoms with van der Waals surface area (Å²) in [5.74, 6) is -1.39. The molecule has 0 N–H and O–H groups in total. The summed E-state index contributed by atoms with van der Waals surface area (Å²) in [5, 5.41) is 5.44. The molecule has 1 aromatic rings. The van der Waals surface area contributed by atoms with Gasteiger partial charge in [-0.25, -0.2) is 0 Å². The number of carbonyl (C=O) groups is 2. The van der Waals surface area contributed by atoms with E-state index in [0.717, 1.165) is 0 Å². The number of ketones is 1. The van der Waals surface area contributed by atoms with Crippen molar-refractivity contribution in [3.63, 3.8) is 0 Å². The molecular formula is C14H14N2O2. The van der Waals surface area contributed by atoms with Gasteiger partial charge in [-0.3, -0.25) is 9.59 Å². The predicted octanol–water partition coefficient (Wildman–Crippen LogP) is 2.17. The number of allylic oxidation sites excluding steroid dienone is 1. The summed E-state index contributed by atoms with van der Waals surface area (Å²) in [6, 6.07) is 9.06. The Kier molecular flexibility index (Phi) is 3.10. The number of hydrogen-bond donors (Lipinski definition) is 0. The Bertz CT molecular complexity index is 546. The van der Waals surface area contributed by atoms with E-state index in [1.807, 2.05) is 18.2 Å². The normalized spacial score (nSPS) is 18.8. The lowest BCUT2D eigenvalue weighted by Crippen LogP contribution is -2.32. The first-order valence-electron chi connectivity index (χ1n) is 5.66. The molecule has 4 heteroatoms. The largest absolute Gasteiger partial charge is 0.293 e. The minimum absolute atomic E-state index is 0.264. The van der Waals surface area contributed by atoms with Gasteiger partial charge in [-0.1, -0.05) is 24.8 Å². The zero-order chi connectivity index (χ0) is 13.3. The third-order valence-corrected chi connectivity index (χ3v) is 2.81. The lowest BCUT2D eigenvalue weighted by molar-refractivity contribution is -0.127. The average molecular weight is 242 g/mol. The molecule has 0 saturated carbocycles. The van der Waals surface area contributed by atoms with Gasteiger partial charge in [0, 0.05) is 0 Å². The number of anilines is 1. The van der Waals surface area contributed by atoms with E-state index in [4.69, 9.17) is 0 Å². The van der Waals surface area contributed by atoms with Crippen LogP contribution in [0.15, 0.2) is 47.6 Å².